The zero-order chi connectivity index (χ0) is 22.4. The van der Waals surface area contributed by atoms with E-state index in [-0.39, 0.29) is 27.8 Å². The quantitative estimate of drug-likeness (QED) is 0.393. The largest absolute Gasteiger partial charge is 0.424 e. The molecule has 1 aliphatic heterocycles. The Bertz CT molecular complexity index is 1060. The summed E-state index contributed by atoms with van der Waals surface area (Å²) in [6.45, 7) is 3.46. The van der Waals surface area contributed by atoms with Crippen LogP contribution in [0.2, 0.25) is 0 Å². The summed E-state index contributed by atoms with van der Waals surface area (Å²) in [7, 11) is -2.47. The molecular formula is C22H29N3O5S. The predicted octanol–water partition coefficient (Wildman–Crippen LogP) is 4.39. The van der Waals surface area contributed by atoms with E-state index < -0.39 is 16.0 Å². The maximum Gasteiger partial charge on any atom is 0.308 e. The molecule has 0 saturated carbocycles. The molecule has 1 aromatic heterocycles. The van der Waals surface area contributed by atoms with E-state index >= 15 is 0 Å². The minimum atomic E-state index is -3.85. The summed E-state index contributed by atoms with van der Waals surface area (Å²) in [5.74, 6) is -0.0398. The van der Waals surface area contributed by atoms with Gasteiger partial charge < -0.3 is 9.15 Å². The van der Waals surface area contributed by atoms with E-state index in [4.69, 9.17) is 9.15 Å². The van der Waals surface area contributed by atoms with Gasteiger partial charge in [-0.15, -0.1) is 10.2 Å². The zero-order valence-electron chi connectivity index (χ0n) is 18.3. The first-order chi connectivity index (χ1) is 14.9. The molecule has 0 radical (unpaired) electrons. The van der Waals surface area contributed by atoms with Crippen LogP contribution in [-0.4, -0.2) is 35.9 Å². The summed E-state index contributed by atoms with van der Waals surface area (Å²) in [5.41, 5.74) is 0.352. The molecule has 31 heavy (non-hydrogen) atoms. The third-order valence-electron chi connectivity index (χ3n) is 5.21. The van der Waals surface area contributed by atoms with Crippen molar-refractivity contribution < 1.29 is 22.4 Å². The van der Waals surface area contributed by atoms with Crippen molar-refractivity contribution in [3.05, 3.63) is 41.6 Å². The van der Waals surface area contributed by atoms with Gasteiger partial charge in [-0.05, 0) is 18.6 Å². The van der Waals surface area contributed by atoms with Crippen LogP contribution < -0.4 is 0 Å². The van der Waals surface area contributed by atoms with Crippen molar-refractivity contribution in [2.75, 3.05) is 7.05 Å². The normalized spacial score (nSPS) is 15.1. The molecule has 2 heterocycles. The van der Waals surface area contributed by atoms with E-state index in [1.54, 1.807) is 18.2 Å². The number of carbonyl (C=O) groups is 1. The molecule has 0 saturated heterocycles. The van der Waals surface area contributed by atoms with Gasteiger partial charge in [0.1, 0.15) is 0 Å². The van der Waals surface area contributed by atoms with Gasteiger partial charge in [0.15, 0.2) is 11.5 Å². The van der Waals surface area contributed by atoms with Crippen molar-refractivity contribution in [1.29, 1.82) is 0 Å². The lowest BCUT2D eigenvalue weighted by Crippen LogP contribution is -2.31. The summed E-state index contributed by atoms with van der Waals surface area (Å²) in [5, 5.41) is 8.13. The number of ether oxygens (including phenoxy) is 1. The van der Waals surface area contributed by atoms with Gasteiger partial charge in [0.2, 0.25) is 5.89 Å². The molecule has 2 aromatic rings. The van der Waals surface area contributed by atoms with Crippen molar-refractivity contribution in [2.24, 2.45) is 0 Å². The van der Waals surface area contributed by atoms with Gasteiger partial charge in [-0.25, -0.2) is 8.42 Å². The first-order valence-electron chi connectivity index (χ1n) is 10.7. The van der Waals surface area contributed by atoms with E-state index in [0.717, 1.165) is 17.1 Å². The molecule has 168 valence electrons. The SMILES string of the molecule is CCCCCCCCCc1nnc(C2=C(OC(C)=O)c3ccccc3S(=O)(=O)N2C)o1. The lowest BCUT2D eigenvalue weighted by molar-refractivity contribution is -0.134. The van der Waals surface area contributed by atoms with Crippen LogP contribution in [0.5, 0.6) is 0 Å². The second kappa shape index (κ2) is 10.1. The first-order valence-corrected chi connectivity index (χ1v) is 12.1. The smallest absolute Gasteiger partial charge is 0.308 e. The summed E-state index contributed by atoms with van der Waals surface area (Å²) < 4.78 is 38.2. The van der Waals surface area contributed by atoms with Gasteiger partial charge in [-0.1, -0.05) is 57.6 Å². The fourth-order valence-electron chi connectivity index (χ4n) is 3.58. The maximum atomic E-state index is 13.0. The Balaban J connectivity index is 1.84. The molecule has 0 fully saturated rings. The van der Waals surface area contributed by atoms with Crippen LogP contribution in [0, 0.1) is 0 Å². The third kappa shape index (κ3) is 5.15. The number of carbonyl (C=O) groups excluding carboxylic acids is 1. The summed E-state index contributed by atoms with van der Waals surface area (Å²) >= 11 is 0. The number of fused-ring (bicyclic) bond motifs is 1. The van der Waals surface area contributed by atoms with Crippen LogP contribution in [0.4, 0.5) is 0 Å². The standard InChI is InChI=1S/C22H29N3O5S/c1-4-5-6-7-8-9-10-15-19-23-24-22(30-19)20-21(29-16(2)26)17-13-11-12-14-18(17)31(27,28)25(20)3/h11-14H,4-10,15H2,1-3H3. The van der Waals surface area contributed by atoms with Gasteiger partial charge in [0.05, 0.1) is 4.90 Å². The number of aryl methyl sites for hydroxylation is 1. The van der Waals surface area contributed by atoms with Gasteiger partial charge in [0.25, 0.3) is 15.9 Å². The Hall–Kier alpha value is -2.68. The van der Waals surface area contributed by atoms with Crippen LogP contribution in [0.25, 0.3) is 11.5 Å². The summed E-state index contributed by atoms with van der Waals surface area (Å²) in [6, 6.07) is 6.36. The number of sulfonamides is 1. The van der Waals surface area contributed by atoms with Gasteiger partial charge >= 0.3 is 5.97 Å². The van der Waals surface area contributed by atoms with Crippen LogP contribution in [0.15, 0.2) is 33.6 Å². The monoisotopic (exact) mass is 447 g/mol. The van der Waals surface area contributed by atoms with E-state index in [0.29, 0.717) is 12.3 Å². The molecule has 0 bridgehead atoms. The Morgan fingerprint density at radius 2 is 1.74 bits per heavy atom. The van der Waals surface area contributed by atoms with Crippen molar-refractivity contribution >= 4 is 27.4 Å². The Morgan fingerprint density at radius 3 is 2.45 bits per heavy atom. The molecule has 3 rings (SSSR count). The summed E-state index contributed by atoms with van der Waals surface area (Å²) in [6.07, 6.45) is 8.76. The van der Waals surface area contributed by atoms with Crippen molar-refractivity contribution in [2.45, 2.75) is 70.1 Å². The minimum Gasteiger partial charge on any atom is -0.424 e. The highest BCUT2D eigenvalue weighted by Crippen LogP contribution is 2.40. The number of esters is 1. The van der Waals surface area contributed by atoms with E-state index in [1.165, 1.54) is 52.1 Å². The number of hydrogen-bond donors (Lipinski definition) is 0. The average Bonchev–Trinajstić information content (AvgIpc) is 3.20. The molecule has 0 spiro atoms. The highest BCUT2D eigenvalue weighted by atomic mass is 32.2. The molecule has 0 N–H and O–H groups in total. The highest BCUT2D eigenvalue weighted by Gasteiger charge is 2.39. The van der Waals surface area contributed by atoms with Gasteiger partial charge in [-0.2, -0.15) is 0 Å². The fourth-order valence-corrected chi connectivity index (χ4v) is 4.97. The molecular weight excluding hydrogens is 418 g/mol. The highest BCUT2D eigenvalue weighted by molar-refractivity contribution is 7.89. The molecule has 8 nitrogen and oxygen atoms in total. The molecule has 9 heteroatoms. The Labute approximate surface area is 183 Å². The summed E-state index contributed by atoms with van der Waals surface area (Å²) in [4.78, 5) is 11.8. The van der Waals surface area contributed by atoms with Crippen LogP contribution in [-0.2, 0) is 26.0 Å². The second-order valence-corrected chi connectivity index (χ2v) is 9.55. The van der Waals surface area contributed by atoms with Crippen LogP contribution >= 0.6 is 0 Å². The molecule has 0 unspecified atom stereocenters. The van der Waals surface area contributed by atoms with Crippen molar-refractivity contribution in [3.63, 3.8) is 0 Å². The molecule has 1 aromatic carbocycles. The third-order valence-corrected chi connectivity index (χ3v) is 7.02. The number of nitrogens with zero attached hydrogens (tertiary/aromatic N) is 3. The zero-order valence-corrected chi connectivity index (χ0v) is 19.1. The number of hydrogen-bond acceptors (Lipinski definition) is 7. The Kier molecular flexibility index (Phi) is 7.48. The molecule has 0 atom stereocenters. The number of aromatic nitrogens is 2. The van der Waals surface area contributed by atoms with Gasteiger partial charge in [0, 0.05) is 26.0 Å². The number of unbranched alkanes of at least 4 members (excludes halogenated alkanes) is 6. The lowest BCUT2D eigenvalue weighted by Gasteiger charge is -2.28. The van der Waals surface area contributed by atoms with Crippen molar-refractivity contribution in [1.82, 2.24) is 14.5 Å². The molecule has 0 amide bonds. The van der Waals surface area contributed by atoms with E-state index in [9.17, 15) is 13.2 Å². The van der Waals surface area contributed by atoms with Crippen LogP contribution in [0.3, 0.4) is 0 Å². The minimum absolute atomic E-state index is 0.00905. The van der Waals surface area contributed by atoms with Crippen LogP contribution in [0.1, 0.15) is 76.1 Å². The molecule has 0 aliphatic carbocycles. The maximum absolute atomic E-state index is 13.0. The van der Waals surface area contributed by atoms with E-state index in [2.05, 4.69) is 17.1 Å². The molecule has 1 aliphatic rings. The number of rotatable bonds is 10. The van der Waals surface area contributed by atoms with Crippen molar-refractivity contribution in [3.8, 4) is 0 Å². The van der Waals surface area contributed by atoms with Gasteiger partial charge in [-0.3, -0.25) is 9.10 Å². The fraction of sp³-hybridized carbons (Fsp3) is 0.500. The average molecular weight is 448 g/mol. The first kappa shape index (κ1) is 23.0. The lowest BCUT2D eigenvalue weighted by atomic mass is 10.1. The second-order valence-electron chi connectivity index (χ2n) is 7.61. The number of benzene rings is 1. The predicted molar refractivity (Wildman–Crippen MR) is 116 cm³/mol. The Morgan fingerprint density at radius 1 is 1.06 bits per heavy atom. The van der Waals surface area contributed by atoms with E-state index in [1.807, 2.05) is 0 Å². The topological polar surface area (TPSA) is 103 Å².